The van der Waals surface area contributed by atoms with Crippen molar-refractivity contribution in [3.63, 3.8) is 0 Å². The van der Waals surface area contributed by atoms with E-state index in [4.69, 9.17) is 16.1 Å². The Hall–Kier alpha value is -1.95. The van der Waals surface area contributed by atoms with Gasteiger partial charge in [-0.3, -0.25) is 4.79 Å². The van der Waals surface area contributed by atoms with Gasteiger partial charge in [0.15, 0.2) is 6.33 Å². The van der Waals surface area contributed by atoms with Gasteiger partial charge in [0.2, 0.25) is 5.89 Å². The van der Waals surface area contributed by atoms with E-state index in [2.05, 4.69) is 20.4 Å². The average Bonchev–Trinajstić information content (AvgIpc) is 2.80. The average molecular weight is 267 g/mol. The number of halogens is 1. The van der Waals surface area contributed by atoms with Gasteiger partial charge in [-0.15, -0.1) is 0 Å². The van der Waals surface area contributed by atoms with Crippen LogP contribution in [-0.4, -0.2) is 27.6 Å². The summed E-state index contributed by atoms with van der Waals surface area (Å²) in [6.07, 6.45) is 1.81. The second-order valence-corrected chi connectivity index (χ2v) is 4.05. The number of aromatic nitrogens is 3. The Balaban J connectivity index is 1.91. The molecule has 0 aliphatic heterocycles. The molecular formula is C11H11ClN4O2. The highest BCUT2D eigenvalue weighted by atomic mass is 35.5. The van der Waals surface area contributed by atoms with Crippen LogP contribution in [0, 0.1) is 6.92 Å². The van der Waals surface area contributed by atoms with Gasteiger partial charge in [-0.05, 0) is 19.1 Å². The first-order chi connectivity index (χ1) is 8.65. The smallest absolute Gasteiger partial charge is 0.251 e. The first-order valence-electron chi connectivity index (χ1n) is 5.33. The lowest BCUT2D eigenvalue weighted by Gasteiger charge is -2.04. The standard InChI is InChI=1S/C11H11ClN4O2/c1-7-4-8(5-9(12)16-7)11(17)13-3-2-10-14-6-15-18-10/h4-6H,2-3H2,1H3,(H,13,17). The highest BCUT2D eigenvalue weighted by Gasteiger charge is 2.08. The Bertz CT molecular complexity index is 522. The molecule has 0 saturated heterocycles. The van der Waals surface area contributed by atoms with Crippen molar-refractivity contribution in [1.82, 2.24) is 20.4 Å². The van der Waals surface area contributed by atoms with Crippen LogP contribution in [0.2, 0.25) is 5.15 Å². The van der Waals surface area contributed by atoms with Gasteiger partial charge in [0, 0.05) is 24.2 Å². The van der Waals surface area contributed by atoms with Crippen LogP contribution in [0.3, 0.4) is 0 Å². The van der Waals surface area contributed by atoms with Gasteiger partial charge in [0.05, 0.1) is 0 Å². The van der Waals surface area contributed by atoms with Gasteiger partial charge in [-0.2, -0.15) is 4.98 Å². The van der Waals surface area contributed by atoms with Crippen molar-refractivity contribution in [2.24, 2.45) is 0 Å². The molecule has 0 aromatic carbocycles. The number of hydrogen-bond donors (Lipinski definition) is 1. The third-order valence-electron chi connectivity index (χ3n) is 2.22. The molecule has 0 fully saturated rings. The number of aryl methyl sites for hydroxylation is 1. The summed E-state index contributed by atoms with van der Waals surface area (Å²) in [6.45, 7) is 2.20. The Morgan fingerprint density at radius 2 is 2.33 bits per heavy atom. The summed E-state index contributed by atoms with van der Waals surface area (Å²) in [7, 11) is 0. The number of hydrogen-bond acceptors (Lipinski definition) is 5. The molecule has 0 aliphatic rings. The highest BCUT2D eigenvalue weighted by molar-refractivity contribution is 6.29. The topological polar surface area (TPSA) is 80.9 Å². The summed E-state index contributed by atoms with van der Waals surface area (Å²) in [4.78, 5) is 19.7. The number of amides is 1. The zero-order valence-electron chi connectivity index (χ0n) is 9.68. The molecule has 18 heavy (non-hydrogen) atoms. The monoisotopic (exact) mass is 266 g/mol. The lowest BCUT2D eigenvalue weighted by Crippen LogP contribution is -2.25. The fourth-order valence-corrected chi connectivity index (χ4v) is 1.70. The van der Waals surface area contributed by atoms with E-state index in [1.165, 1.54) is 12.4 Å². The van der Waals surface area contributed by atoms with E-state index in [-0.39, 0.29) is 5.91 Å². The third kappa shape index (κ3) is 3.27. The van der Waals surface area contributed by atoms with E-state index >= 15 is 0 Å². The Kier molecular flexibility index (Phi) is 3.88. The lowest BCUT2D eigenvalue weighted by atomic mass is 10.2. The number of nitrogens with one attached hydrogen (secondary N) is 1. The maximum absolute atomic E-state index is 11.8. The van der Waals surface area contributed by atoms with E-state index in [1.807, 2.05) is 0 Å². The lowest BCUT2D eigenvalue weighted by molar-refractivity contribution is 0.0953. The van der Waals surface area contributed by atoms with Crippen LogP contribution in [-0.2, 0) is 6.42 Å². The second kappa shape index (κ2) is 5.59. The van der Waals surface area contributed by atoms with E-state index in [9.17, 15) is 4.79 Å². The van der Waals surface area contributed by atoms with Crippen LogP contribution in [0.4, 0.5) is 0 Å². The summed E-state index contributed by atoms with van der Waals surface area (Å²) in [5, 5.41) is 6.52. The molecule has 0 unspecified atom stereocenters. The number of carbonyl (C=O) groups is 1. The van der Waals surface area contributed by atoms with Crippen LogP contribution in [0.1, 0.15) is 21.9 Å². The maximum Gasteiger partial charge on any atom is 0.251 e. The summed E-state index contributed by atoms with van der Waals surface area (Å²) < 4.78 is 4.82. The minimum absolute atomic E-state index is 0.207. The highest BCUT2D eigenvalue weighted by Crippen LogP contribution is 2.10. The van der Waals surface area contributed by atoms with Crippen molar-refractivity contribution in [2.45, 2.75) is 13.3 Å². The summed E-state index contributed by atoms with van der Waals surface area (Å²) in [5.74, 6) is 0.279. The molecule has 2 aromatic rings. The maximum atomic E-state index is 11.8. The molecule has 2 rings (SSSR count). The van der Waals surface area contributed by atoms with Gasteiger partial charge < -0.3 is 9.84 Å². The molecule has 1 amide bonds. The summed E-state index contributed by atoms with van der Waals surface area (Å²) in [6, 6.07) is 3.20. The molecule has 2 aromatic heterocycles. The van der Waals surface area contributed by atoms with Crippen LogP contribution in [0.5, 0.6) is 0 Å². The normalized spacial score (nSPS) is 10.3. The van der Waals surface area contributed by atoms with E-state index < -0.39 is 0 Å². The molecule has 1 N–H and O–H groups in total. The van der Waals surface area contributed by atoms with Gasteiger partial charge in [0.25, 0.3) is 5.91 Å². The predicted molar refractivity (Wildman–Crippen MR) is 64.3 cm³/mol. The zero-order valence-corrected chi connectivity index (χ0v) is 10.4. The van der Waals surface area contributed by atoms with Crippen LogP contribution in [0.25, 0.3) is 0 Å². The second-order valence-electron chi connectivity index (χ2n) is 3.66. The molecule has 2 heterocycles. The molecule has 0 spiro atoms. The van der Waals surface area contributed by atoms with Crippen molar-refractivity contribution >= 4 is 17.5 Å². The van der Waals surface area contributed by atoms with E-state index in [1.54, 1.807) is 13.0 Å². The van der Waals surface area contributed by atoms with E-state index in [0.717, 1.165) is 0 Å². The minimum Gasteiger partial charge on any atom is -0.352 e. The Morgan fingerprint density at radius 1 is 1.50 bits per heavy atom. The summed E-state index contributed by atoms with van der Waals surface area (Å²) >= 11 is 5.79. The van der Waals surface area contributed by atoms with Gasteiger partial charge in [-0.1, -0.05) is 16.8 Å². The fourth-order valence-electron chi connectivity index (χ4n) is 1.45. The quantitative estimate of drug-likeness (QED) is 0.846. The Morgan fingerprint density at radius 3 is 3.00 bits per heavy atom. The van der Waals surface area contributed by atoms with Crippen molar-refractivity contribution in [3.8, 4) is 0 Å². The molecule has 6 nitrogen and oxygen atoms in total. The molecule has 7 heteroatoms. The predicted octanol–water partition coefficient (Wildman–Crippen LogP) is 1.40. The van der Waals surface area contributed by atoms with Gasteiger partial charge >= 0.3 is 0 Å². The molecule has 0 bridgehead atoms. The van der Waals surface area contributed by atoms with Crippen molar-refractivity contribution in [1.29, 1.82) is 0 Å². The third-order valence-corrected chi connectivity index (χ3v) is 2.41. The van der Waals surface area contributed by atoms with Gasteiger partial charge in [0.1, 0.15) is 5.15 Å². The number of nitrogens with zero attached hydrogens (tertiary/aromatic N) is 3. The summed E-state index contributed by atoms with van der Waals surface area (Å²) in [5.41, 5.74) is 1.18. The fraction of sp³-hybridized carbons (Fsp3) is 0.273. The van der Waals surface area contributed by atoms with Gasteiger partial charge in [-0.25, -0.2) is 4.98 Å². The number of pyridine rings is 1. The van der Waals surface area contributed by atoms with Crippen LogP contribution in [0.15, 0.2) is 23.0 Å². The largest absolute Gasteiger partial charge is 0.352 e. The molecular weight excluding hydrogens is 256 g/mol. The van der Waals surface area contributed by atoms with Crippen molar-refractivity contribution in [3.05, 3.63) is 40.8 Å². The van der Waals surface area contributed by atoms with Crippen molar-refractivity contribution in [2.75, 3.05) is 6.54 Å². The number of carbonyl (C=O) groups excluding carboxylic acids is 1. The minimum atomic E-state index is -0.207. The SMILES string of the molecule is Cc1cc(C(=O)NCCc2ncno2)cc(Cl)n1. The van der Waals surface area contributed by atoms with Crippen LogP contribution < -0.4 is 5.32 Å². The van der Waals surface area contributed by atoms with Crippen LogP contribution >= 0.6 is 11.6 Å². The molecule has 94 valence electrons. The first kappa shape index (κ1) is 12.5. The first-order valence-corrected chi connectivity index (χ1v) is 5.71. The molecule has 0 saturated carbocycles. The van der Waals surface area contributed by atoms with Crippen molar-refractivity contribution < 1.29 is 9.32 Å². The number of rotatable bonds is 4. The Labute approximate surface area is 108 Å². The molecule has 0 aliphatic carbocycles. The molecule has 0 radical (unpaired) electrons. The molecule has 0 atom stereocenters. The van der Waals surface area contributed by atoms with E-state index in [0.29, 0.717) is 35.3 Å². The zero-order chi connectivity index (χ0) is 13.0.